The molecule has 0 bridgehead atoms. The van der Waals surface area contributed by atoms with Crippen molar-refractivity contribution in [2.45, 2.75) is 20.0 Å². The van der Waals surface area contributed by atoms with Crippen molar-refractivity contribution in [3.63, 3.8) is 0 Å². The second-order valence-corrected chi connectivity index (χ2v) is 6.56. The monoisotopic (exact) mass is 389 g/mol. The van der Waals surface area contributed by atoms with Crippen LogP contribution in [0, 0.1) is 0 Å². The molecule has 0 radical (unpaired) electrons. The minimum atomic E-state index is -0.417. The number of rotatable bonds is 5. The minimum Gasteiger partial charge on any atom is -0.465 e. The first-order chi connectivity index (χ1) is 13.1. The molecule has 0 unspecified atom stereocenters. The highest BCUT2D eigenvalue weighted by atomic mass is 32.1. The molecule has 3 heterocycles. The van der Waals surface area contributed by atoms with E-state index in [0.717, 1.165) is 4.70 Å². The van der Waals surface area contributed by atoms with Gasteiger partial charge in [0.15, 0.2) is 16.3 Å². The Hall–Kier alpha value is -3.21. The van der Waals surface area contributed by atoms with Gasteiger partial charge in [-0.3, -0.25) is 9.59 Å². The number of carbonyl (C=O) groups is 2. The van der Waals surface area contributed by atoms with Gasteiger partial charge >= 0.3 is 5.97 Å². The lowest BCUT2D eigenvalue weighted by Gasteiger charge is -2.05. The van der Waals surface area contributed by atoms with E-state index in [-0.39, 0.29) is 26.5 Å². The zero-order chi connectivity index (χ0) is 18.8. The fraction of sp³-hybridized carbons (Fsp3) is 0.312. The maximum Gasteiger partial charge on any atom is 0.326 e. The van der Waals surface area contributed by atoms with Crippen LogP contribution in [-0.4, -0.2) is 44.6 Å². The van der Waals surface area contributed by atoms with Crippen LogP contribution in [-0.2, 0) is 27.4 Å². The third-order valence-electron chi connectivity index (χ3n) is 3.75. The third-order valence-corrected chi connectivity index (χ3v) is 4.79. The van der Waals surface area contributed by atoms with Gasteiger partial charge in [0.2, 0.25) is 6.79 Å². The van der Waals surface area contributed by atoms with Gasteiger partial charge in [0.1, 0.15) is 25.7 Å². The maximum absolute atomic E-state index is 12.3. The molecule has 0 atom stereocenters. The summed E-state index contributed by atoms with van der Waals surface area (Å²) in [6, 6.07) is 3.58. The summed E-state index contributed by atoms with van der Waals surface area (Å²) in [6.45, 7) is 2.04. The van der Waals surface area contributed by atoms with Crippen LogP contribution < -0.4 is 14.3 Å². The molecule has 1 aromatic carbocycles. The van der Waals surface area contributed by atoms with Crippen LogP contribution in [0.4, 0.5) is 0 Å². The number of ether oxygens (including phenoxy) is 3. The summed E-state index contributed by atoms with van der Waals surface area (Å²) in [7, 11) is 0. The Morgan fingerprint density at radius 1 is 1.30 bits per heavy atom. The van der Waals surface area contributed by atoms with Gasteiger partial charge in [-0.15, -0.1) is 0 Å². The highest BCUT2D eigenvalue weighted by molar-refractivity contribution is 7.16. The predicted molar refractivity (Wildman–Crippen MR) is 93.2 cm³/mol. The van der Waals surface area contributed by atoms with Crippen molar-refractivity contribution in [3.05, 3.63) is 29.6 Å². The largest absolute Gasteiger partial charge is 0.465 e. The van der Waals surface area contributed by atoms with E-state index in [2.05, 4.69) is 15.1 Å². The van der Waals surface area contributed by atoms with Crippen molar-refractivity contribution >= 4 is 33.4 Å². The normalized spacial score (nSPS) is 13.3. The lowest BCUT2D eigenvalue weighted by Crippen LogP contribution is -2.23. The van der Waals surface area contributed by atoms with Gasteiger partial charge in [-0.25, -0.2) is 9.67 Å². The van der Waals surface area contributed by atoms with Crippen LogP contribution in [0.3, 0.4) is 0 Å². The summed E-state index contributed by atoms with van der Waals surface area (Å²) < 4.78 is 19.7. The summed E-state index contributed by atoms with van der Waals surface area (Å²) in [5.74, 6) is 0.371. The molecule has 0 spiro atoms. The molecule has 11 heteroatoms. The summed E-state index contributed by atoms with van der Waals surface area (Å²) in [6.07, 6.45) is 2.78. The number of esters is 1. The highest BCUT2D eigenvalue weighted by Gasteiger charge is 2.19. The van der Waals surface area contributed by atoms with Crippen LogP contribution in [0.5, 0.6) is 11.5 Å². The van der Waals surface area contributed by atoms with Crippen LogP contribution >= 0.6 is 11.3 Å². The van der Waals surface area contributed by atoms with E-state index in [9.17, 15) is 9.59 Å². The number of amides is 1. The quantitative estimate of drug-likeness (QED) is 0.591. The molecule has 0 saturated carbocycles. The van der Waals surface area contributed by atoms with Crippen molar-refractivity contribution < 1.29 is 23.8 Å². The number of hydrogen-bond donors (Lipinski definition) is 0. The minimum absolute atomic E-state index is 0.0453. The van der Waals surface area contributed by atoms with Crippen molar-refractivity contribution in [1.82, 2.24) is 19.3 Å². The number of nitrogens with zero attached hydrogens (tertiary/aromatic N) is 5. The molecule has 27 heavy (non-hydrogen) atoms. The van der Waals surface area contributed by atoms with Gasteiger partial charge in [0.05, 0.1) is 16.8 Å². The lowest BCUT2D eigenvalue weighted by atomic mass is 10.3. The van der Waals surface area contributed by atoms with E-state index in [1.807, 2.05) is 6.07 Å². The zero-order valence-corrected chi connectivity index (χ0v) is 15.1. The SMILES string of the molecule is CCOC(=O)Cn1c(=NC(=O)Cn2cncn2)sc2cc3c(cc21)OCO3. The Kier molecular flexibility index (Phi) is 4.59. The standard InChI is InChI=1S/C16H15N5O5S/c1-2-24-15(23)6-21-10-3-11-12(26-9-25-11)4-13(10)27-16(21)19-14(22)5-20-8-17-7-18-20/h3-4,7-8H,2,5-6,9H2,1H3. The lowest BCUT2D eigenvalue weighted by molar-refractivity contribution is -0.143. The third kappa shape index (κ3) is 3.53. The fourth-order valence-corrected chi connectivity index (χ4v) is 3.69. The first kappa shape index (κ1) is 17.2. The van der Waals surface area contributed by atoms with Crippen LogP contribution in [0.25, 0.3) is 10.2 Å². The number of fused-ring (bicyclic) bond motifs is 2. The Bertz CT molecular complexity index is 1070. The Labute approximate surface area is 156 Å². The van der Waals surface area contributed by atoms with Gasteiger partial charge in [0.25, 0.3) is 5.91 Å². The molecule has 0 fully saturated rings. The summed E-state index contributed by atoms with van der Waals surface area (Å²) in [5.41, 5.74) is 0.713. The topological polar surface area (TPSA) is 110 Å². The number of benzene rings is 1. The zero-order valence-electron chi connectivity index (χ0n) is 14.3. The van der Waals surface area contributed by atoms with E-state index in [0.29, 0.717) is 21.8 Å². The van der Waals surface area contributed by atoms with Gasteiger partial charge in [-0.2, -0.15) is 10.1 Å². The van der Waals surface area contributed by atoms with Crippen molar-refractivity contribution in [3.8, 4) is 11.5 Å². The molecule has 0 aliphatic carbocycles. The molecule has 1 amide bonds. The molecule has 140 valence electrons. The van der Waals surface area contributed by atoms with Crippen molar-refractivity contribution in [1.29, 1.82) is 0 Å². The molecular formula is C16H15N5O5S. The molecule has 2 aromatic heterocycles. The molecule has 1 aliphatic heterocycles. The average Bonchev–Trinajstić information content (AvgIpc) is 3.35. The van der Waals surface area contributed by atoms with Crippen molar-refractivity contribution in [2.24, 2.45) is 4.99 Å². The predicted octanol–water partition coefficient (Wildman–Crippen LogP) is 0.714. The number of aromatic nitrogens is 4. The van der Waals surface area contributed by atoms with Crippen LogP contribution in [0.2, 0.25) is 0 Å². The first-order valence-electron chi connectivity index (χ1n) is 8.12. The molecular weight excluding hydrogens is 374 g/mol. The average molecular weight is 389 g/mol. The molecule has 4 rings (SSSR count). The Morgan fingerprint density at radius 3 is 2.85 bits per heavy atom. The Morgan fingerprint density at radius 2 is 2.11 bits per heavy atom. The number of hydrogen-bond acceptors (Lipinski definition) is 8. The molecule has 3 aromatic rings. The molecule has 0 saturated heterocycles. The van der Waals surface area contributed by atoms with Crippen molar-refractivity contribution in [2.75, 3.05) is 13.4 Å². The van der Waals surface area contributed by atoms with E-state index >= 15 is 0 Å². The highest BCUT2D eigenvalue weighted by Crippen LogP contribution is 2.36. The summed E-state index contributed by atoms with van der Waals surface area (Å²) >= 11 is 1.28. The first-order valence-corrected chi connectivity index (χ1v) is 8.94. The van der Waals surface area contributed by atoms with E-state index in [1.54, 1.807) is 17.6 Å². The second-order valence-electron chi connectivity index (χ2n) is 5.55. The number of carbonyl (C=O) groups excluding carboxylic acids is 2. The van der Waals surface area contributed by atoms with Gasteiger partial charge < -0.3 is 18.8 Å². The van der Waals surface area contributed by atoms with Gasteiger partial charge in [0, 0.05) is 12.1 Å². The maximum atomic E-state index is 12.3. The van der Waals surface area contributed by atoms with E-state index in [4.69, 9.17) is 14.2 Å². The van der Waals surface area contributed by atoms with Gasteiger partial charge in [-0.1, -0.05) is 11.3 Å². The smallest absolute Gasteiger partial charge is 0.326 e. The van der Waals surface area contributed by atoms with Gasteiger partial charge in [-0.05, 0) is 6.92 Å². The Balaban J connectivity index is 1.76. The summed E-state index contributed by atoms with van der Waals surface area (Å²) in [5, 5.41) is 3.89. The fourth-order valence-electron chi connectivity index (χ4n) is 2.63. The summed E-state index contributed by atoms with van der Waals surface area (Å²) in [4.78, 5) is 32.7. The van der Waals surface area contributed by atoms with E-state index in [1.165, 1.54) is 28.7 Å². The van der Waals surface area contributed by atoms with Crippen LogP contribution in [0.1, 0.15) is 6.92 Å². The van der Waals surface area contributed by atoms with Crippen LogP contribution in [0.15, 0.2) is 29.8 Å². The second kappa shape index (κ2) is 7.19. The van der Waals surface area contributed by atoms with E-state index < -0.39 is 11.9 Å². The molecule has 1 aliphatic rings. The molecule has 0 N–H and O–H groups in total. The molecule has 10 nitrogen and oxygen atoms in total. The number of thiazole rings is 1.